The minimum absolute atomic E-state index is 0.0273. The molecule has 0 spiro atoms. The maximum atomic E-state index is 14.4. The molecule has 22 unspecified atom stereocenters. The number of hydrogen-bond acceptors (Lipinski definition) is 30. The molecule has 0 aliphatic carbocycles. The van der Waals surface area contributed by atoms with E-state index in [2.05, 4.69) is 42.5 Å². The van der Waals surface area contributed by atoms with Crippen molar-refractivity contribution in [2.45, 2.75) is 400 Å². The van der Waals surface area contributed by atoms with E-state index >= 15 is 0 Å². The van der Waals surface area contributed by atoms with Crippen molar-refractivity contribution in [2.75, 3.05) is 52.5 Å². The third-order valence-corrected chi connectivity index (χ3v) is 29.5. The average Bonchev–Trinajstić information content (AvgIpc) is 0.997. The predicted octanol–water partition coefficient (Wildman–Crippen LogP) is 7.70. The van der Waals surface area contributed by atoms with Crippen molar-refractivity contribution in [3.63, 3.8) is 0 Å². The van der Waals surface area contributed by atoms with Crippen molar-refractivity contribution in [3.8, 4) is 0 Å². The van der Waals surface area contributed by atoms with Gasteiger partial charge in [-0.2, -0.15) is 0 Å². The van der Waals surface area contributed by atoms with Crippen LogP contribution in [0.1, 0.15) is 340 Å². The lowest BCUT2D eigenvalue weighted by Crippen LogP contribution is -2.51. The standard InChI is InChI=1S/C56H99N7O12.C55H97N7O12/c1-13-34(10)48-29-42(65)24-37(16-19-57)52(70)62-50(35(11)14-2)46(68)26-39(18-21-59)54(72)63-51(36(12)15-3)47(69)27-40(22-31(4)5)44(66)25-38(17-20-58)53(71)61-49(33(8)9)45(67)28-41(23-32(6)7)55(73)60-43(30-64)56(74)75-48;1-13-34(11)47-28-41(64)23-36(15-18-56)51(69)60-48(32(7)8)44(66)25-38(17-20-58)53(71)62-50(35(12)14-2)46(68)26-39(21-30(3)4)43(65)24-37(16-19-57)52(70)61-49(33(9)10)45(67)27-40(22-31(5)6)54(72)59-42(29-63)55(73)74-47/h31-41,43,48-51,64H,13-30,57-59H2,1-12H3,(H,60,73)(H,61,71)(H,62,70)(H,63,72);30-40,42,47-50,63H,13-29,56-58H2,1-12H3,(H,59,72)(H,60,69)(H,61,70)(H,62,71)/t34?,35-,36?,37?,38?,39?,40?,41?,43?,48?,49?,50+,51?;34?,35?,36?,37?,38?,39?,40?,42?,47?,48-,49?,50?/m10/s1. The molecule has 2 saturated heterocycles. The van der Waals surface area contributed by atoms with Gasteiger partial charge in [0.05, 0.1) is 49.5 Å². The fourth-order valence-corrected chi connectivity index (χ4v) is 19.3. The zero-order valence-electron chi connectivity index (χ0n) is 94.6. The number of carbonyl (C=O) groups excluding carboxylic acids is 20. The van der Waals surface area contributed by atoms with Crippen molar-refractivity contribution >= 4 is 117 Å². The van der Waals surface area contributed by atoms with Crippen LogP contribution in [-0.2, 0) is 105 Å². The molecule has 38 nitrogen and oxygen atoms in total. The Bertz CT molecular complexity index is 4250. The first-order valence-corrected chi connectivity index (χ1v) is 55.4. The van der Waals surface area contributed by atoms with Gasteiger partial charge in [0.15, 0.2) is 46.8 Å². The molecule has 2 fully saturated rings. The van der Waals surface area contributed by atoms with Gasteiger partial charge in [-0.25, -0.2) is 9.59 Å². The molecule has 2 aliphatic heterocycles. The fourth-order valence-electron chi connectivity index (χ4n) is 19.3. The smallest absolute Gasteiger partial charge is 0.331 e. The second-order valence-corrected chi connectivity index (χ2v) is 45.2. The zero-order chi connectivity index (χ0) is 114. The van der Waals surface area contributed by atoms with E-state index in [9.17, 15) is 106 Å². The Morgan fingerprint density at radius 3 is 0.617 bits per heavy atom. The lowest BCUT2D eigenvalue weighted by atomic mass is 9.81. The van der Waals surface area contributed by atoms with Gasteiger partial charge in [-0.15, -0.1) is 0 Å². The van der Waals surface area contributed by atoms with Crippen molar-refractivity contribution in [1.82, 2.24) is 42.5 Å². The van der Waals surface area contributed by atoms with Gasteiger partial charge in [0, 0.05) is 136 Å². The van der Waals surface area contributed by atoms with Gasteiger partial charge in [-0.1, -0.05) is 198 Å². The number of cyclic esters (lactones) is 2. The van der Waals surface area contributed by atoms with Crippen molar-refractivity contribution in [1.29, 1.82) is 0 Å². The molecule has 2 aliphatic rings. The van der Waals surface area contributed by atoms with E-state index in [1.165, 1.54) is 0 Å². The lowest BCUT2D eigenvalue weighted by Gasteiger charge is -2.29. The Labute approximate surface area is 887 Å². The number of ether oxygens (including phenoxy) is 2. The molecule has 0 saturated carbocycles. The van der Waals surface area contributed by atoms with Crippen LogP contribution in [0.5, 0.6) is 0 Å². The number of amides is 8. The Hall–Kier alpha value is -8.92. The largest absolute Gasteiger partial charge is 0.460 e. The zero-order valence-corrected chi connectivity index (χ0v) is 94.6. The average molecular weight is 2110 g/mol. The summed E-state index contributed by atoms with van der Waals surface area (Å²) < 4.78 is 11.7. The molecule has 0 aromatic carbocycles. The number of nitrogens with one attached hydrogen (secondary N) is 8. The molecule has 0 aromatic heterocycles. The number of esters is 2. The Balaban J connectivity index is 0.00000149. The quantitative estimate of drug-likeness (QED) is 0.0270. The Morgan fingerprint density at radius 2 is 0.416 bits per heavy atom. The number of aliphatic hydroxyl groups is 2. The highest BCUT2D eigenvalue weighted by Crippen LogP contribution is 2.33. The van der Waals surface area contributed by atoms with E-state index in [-0.39, 0.29) is 227 Å². The van der Waals surface area contributed by atoms with Gasteiger partial charge >= 0.3 is 11.9 Å². The van der Waals surface area contributed by atoms with E-state index in [1.54, 1.807) is 69.2 Å². The first kappa shape index (κ1) is 138. The maximum Gasteiger partial charge on any atom is 0.331 e. The van der Waals surface area contributed by atoms with Crippen molar-refractivity contribution in [2.24, 2.45) is 165 Å². The summed E-state index contributed by atoms with van der Waals surface area (Å²) in [5.74, 6) is -24.3. The van der Waals surface area contributed by atoms with Crippen LogP contribution >= 0.6 is 0 Å². The first-order valence-electron chi connectivity index (χ1n) is 55.4. The van der Waals surface area contributed by atoms with Crippen LogP contribution in [0.15, 0.2) is 0 Å². The van der Waals surface area contributed by atoms with Crippen molar-refractivity contribution < 1.29 is 116 Å². The summed E-state index contributed by atoms with van der Waals surface area (Å²) in [5.41, 5.74) is 35.8. The molecular weight excluding hydrogens is 1910 g/mol. The molecule has 22 N–H and O–H groups in total. The second-order valence-electron chi connectivity index (χ2n) is 45.2. The molecule has 0 radical (unpaired) electrons. The molecule has 0 aromatic rings. The van der Waals surface area contributed by atoms with Gasteiger partial charge in [-0.05, 0) is 174 Å². The number of rotatable bonds is 35. The molecule has 2 heterocycles. The highest BCUT2D eigenvalue weighted by atomic mass is 16.6. The monoisotopic (exact) mass is 2110 g/mol. The third kappa shape index (κ3) is 48.9. The molecule has 8 amide bonds. The number of Topliss-reactive ketones (excluding diaryl/α,β-unsaturated/α-hetero) is 10. The van der Waals surface area contributed by atoms with Gasteiger partial charge < -0.3 is 96.6 Å². The molecule has 854 valence electrons. The molecule has 2 rings (SSSR count). The Kier molecular flexibility index (Phi) is 66.6. The summed E-state index contributed by atoms with van der Waals surface area (Å²) in [6.07, 6.45) is -1.77. The van der Waals surface area contributed by atoms with Gasteiger partial charge in [0.25, 0.3) is 0 Å². The predicted molar refractivity (Wildman–Crippen MR) is 571 cm³/mol. The molecular formula is C111H196N14O24. The van der Waals surface area contributed by atoms with E-state index in [0.717, 1.165) is 0 Å². The van der Waals surface area contributed by atoms with Gasteiger partial charge in [-0.3, -0.25) is 86.3 Å². The van der Waals surface area contributed by atoms with Crippen LogP contribution in [0.2, 0.25) is 0 Å². The molecule has 149 heavy (non-hydrogen) atoms. The molecule has 25 atom stereocenters. The van der Waals surface area contributed by atoms with Crippen LogP contribution in [0.4, 0.5) is 0 Å². The SMILES string of the molecule is CCC(C)C1CC(=O)CC(CCN)C(=O)N[C@@H](C(C)C)C(=O)CC(CCN)C(=O)NC(C(C)CC)C(=O)CC(CC(C)C)C(=O)CC(CCN)C(=O)NC(C(C)C)C(=O)CC(CC(C)C)C(=O)NC(CO)C(=O)O1.CCC(C)C1CC(=O)CC(CCN)C(=O)N[C@@H]([C@H](C)CC)C(=O)CC(CCN)C(=O)NC(C(C)CC)C(=O)CC(CC(C)C)C(=O)CC(CCN)C(=O)NC(C(C)C)C(=O)CC(CC(C)C)C(=O)NC(CO)C(=O)O1. The van der Waals surface area contributed by atoms with Gasteiger partial charge in [0.2, 0.25) is 47.3 Å². The lowest BCUT2D eigenvalue weighted by molar-refractivity contribution is -0.159. The summed E-state index contributed by atoms with van der Waals surface area (Å²) in [7, 11) is 0. The van der Waals surface area contributed by atoms with E-state index < -0.39 is 262 Å². The second kappa shape index (κ2) is 71.9. The van der Waals surface area contributed by atoms with Crippen LogP contribution in [0, 0.1) is 130 Å². The minimum Gasteiger partial charge on any atom is -0.460 e. The summed E-state index contributed by atoms with van der Waals surface area (Å²) in [5, 5.41) is 43.1. The number of nitrogens with two attached hydrogens (primary N) is 6. The number of carbonyl (C=O) groups is 20. The van der Waals surface area contributed by atoms with Gasteiger partial charge in [0.1, 0.15) is 35.3 Å². The summed E-state index contributed by atoms with van der Waals surface area (Å²) in [6, 6.07) is -9.53. The Morgan fingerprint density at radius 1 is 0.235 bits per heavy atom. The first-order chi connectivity index (χ1) is 69.9. The molecule has 0 bridgehead atoms. The highest BCUT2D eigenvalue weighted by molar-refractivity contribution is 6.02. The minimum atomic E-state index is -1.57. The van der Waals surface area contributed by atoms with Crippen LogP contribution in [0.3, 0.4) is 0 Å². The van der Waals surface area contributed by atoms with Crippen LogP contribution in [-0.4, -0.2) is 240 Å². The summed E-state index contributed by atoms with van der Waals surface area (Å²) in [6.45, 7) is 42.1. The maximum absolute atomic E-state index is 14.4. The number of aliphatic hydroxyl groups excluding tert-OH is 2. The van der Waals surface area contributed by atoms with Crippen molar-refractivity contribution in [3.05, 3.63) is 0 Å². The van der Waals surface area contributed by atoms with Crippen LogP contribution in [0.25, 0.3) is 0 Å². The van der Waals surface area contributed by atoms with E-state index in [1.807, 2.05) is 96.9 Å². The molecule has 38 heteroatoms. The number of ketones is 10. The summed E-state index contributed by atoms with van der Waals surface area (Å²) >= 11 is 0. The number of hydrogen-bond donors (Lipinski definition) is 16. The topological polar surface area (TPSA) is 653 Å². The third-order valence-electron chi connectivity index (χ3n) is 29.5. The normalized spacial score (nSPS) is 28.2. The summed E-state index contributed by atoms with van der Waals surface area (Å²) in [4.78, 5) is 282. The van der Waals surface area contributed by atoms with E-state index in [0.29, 0.717) is 44.9 Å². The van der Waals surface area contributed by atoms with Crippen LogP contribution < -0.4 is 76.9 Å². The van der Waals surface area contributed by atoms with E-state index in [4.69, 9.17) is 43.9 Å². The highest BCUT2D eigenvalue weighted by Gasteiger charge is 2.45. The fraction of sp³-hybridized carbons (Fsp3) is 0.820.